The molecule has 4 aromatic rings. The average Bonchev–Trinajstić information content (AvgIpc) is 3.34. The van der Waals surface area contributed by atoms with Crippen molar-refractivity contribution in [2.45, 2.75) is 57.2 Å². The summed E-state index contributed by atoms with van der Waals surface area (Å²) >= 11 is 6.18. The second kappa shape index (κ2) is 11.2. The number of carbonyl (C=O) groups excluding carboxylic acids is 1. The second-order valence-electron chi connectivity index (χ2n) is 10.6. The first-order valence-corrected chi connectivity index (χ1v) is 14.1. The number of carboxylic acid groups (broad SMARTS) is 1. The molecule has 0 bridgehead atoms. The van der Waals surface area contributed by atoms with Gasteiger partial charge < -0.3 is 15.0 Å². The van der Waals surface area contributed by atoms with Crippen LogP contribution in [-0.4, -0.2) is 21.6 Å². The maximum Gasteiger partial charge on any atom is 0.418 e. The first-order valence-electron chi connectivity index (χ1n) is 13.7. The fourth-order valence-electron chi connectivity index (χ4n) is 6.33. The standard InChI is InChI=1S/C32H30ClF3N2O3/c1-2-31(23-9-4-3-5-10-23,30(41)37-26-17-14-22(29(39)40)18-25(26)32(34,35)36)38-27-11-7-6-8-21(27)19-28(38)20-12-15-24(33)16-13-20/h6-8,11-19,23H,2-5,9-10H2,1H3,(H,37,41)(H,39,40). The Labute approximate surface area is 240 Å². The van der Waals surface area contributed by atoms with Crippen molar-refractivity contribution in [3.63, 3.8) is 0 Å². The van der Waals surface area contributed by atoms with Crippen molar-refractivity contribution in [1.82, 2.24) is 4.57 Å². The molecule has 5 nitrogen and oxygen atoms in total. The summed E-state index contributed by atoms with van der Waals surface area (Å²) in [7, 11) is 0. The summed E-state index contributed by atoms with van der Waals surface area (Å²) in [6, 6.07) is 19.6. The van der Waals surface area contributed by atoms with Crippen LogP contribution in [0.15, 0.2) is 72.8 Å². The molecule has 9 heteroatoms. The Hall–Kier alpha value is -3.78. The van der Waals surface area contributed by atoms with E-state index in [9.17, 15) is 27.9 Å². The van der Waals surface area contributed by atoms with Gasteiger partial charge in [0.1, 0.15) is 5.54 Å². The van der Waals surface area contributed by atoms with E-state index in [0.717, 1.165) is 66.4 Å². The number of benzene rings is 3. The van der Waals surface area contributed by atoms with E-state index in [2.05, 4.69) is 5.32 Å². The maximum atomic E-state index is 14.6. The van der Waals surface area contributed by atoms with Crippen LogP contribution in [0.4, 0.5) is 18.9 Å². The maximum absolute atomic E-state index is 14.6. The number of fused-ring (bicyclic) bond motifs is 1. The summed E-state index contributed by atoms with van der Waals surface area (Å²) in [4.78, 5) is 26.0. The zero-order valence-electron chi connectivity index (χ0n) is 22.5. The van der Waals surface area contributed by atoms with Crippen molar-refractivity contribution < 1.29 is 27.9 Å². The van der Waals surface area contributed by atoms with Gasteiger partial charge in [-0.15, -0.1) is 0 Å². The number of rotatable bonds is 7. The summed E-state index contributed by atoms with van der Waals surface area (Å²) in [5, 5.41) is 13.4. The average molecular weight is 583 g/mol. The molecule has 1 unspecified atom stereocenters. The highest BCUT2D eigenvalue weighted by atomic mass is 35.5. The van der Waals surface area contributed by atoms with Crippen molar-refractivity contribution in [3.05, 3.63) is 88.9 Å². The Morgan fingerprint density at radius 2 is 1.66 bits per heavy atom. The highest BCUT2D eigenvalue weighted by molar-refractivity contribution is 6.30. The number of halogens is 4. The number of amides is 1. The second-order valence-corrected chi connectivity index (χ2v) is 11.0. The molecule has 1 aromatic heterocycles. The van der Waals surface area contributed by atoms with E-state index in [1.165, 1.54) is 0 Å². The van der Waals surface area contributed by atoms with E-state index in [4.69, 9.17) is 11.6 Å². The minimum absolute atomic E-state index is 0.143. The molecule has 0 spiro atoms. The summed E-state index contributed by atoms with van der Waals surface area (Å²) in [6.45, 7) is 1.90. The molecular weight excluding hydrogens is 553 g/mol. The number of nitrogens with one attached hydrogen (secondary N) is 1. The Morgan fingerprint density at radius 1 is 0.976 bits per heavy atom. The van der Waals surface area contributed by atoms with Gasteiger partial charge in [0.25, 0.3) is 5.91 Å². The highest BCUT2D eigenvalue weighted by Crippen LogP contribution is 2.46. The fraction of sp³-hybridized carbons (Fsp3) is 0.312. The number of aromatic carboxylic acids is 1. The Kier molecular flexibility index (Phi) is 7.88. The molecule has 1 fully saturated rings. The van der Waals surface area contributed by atoms with Crippen molar-refractivity contribution in [3.8, 4) is 11.3 Å². The van der Waals surface area contributed by atoms with Gasteiger partial charge in [-0.1, -0.05) is 68.1 Å². The lowest BCUT2D eigenvalue weighted by Gasteiger charge is -2.44. The third-order valence-electron chi connectivity index (χ3n) is 8.28. The van der Waals surface area contributed by atoms with Gasteiger partial charge in [0, 0.05) is 15.9 Å². The fourth-order valence-corrected chi connectivity index (χ4v) is 6.45. The number of carboxylic acids is 1. The van der Waals surface area contributed by atoms with Crippen LogP contribution in [0.2, 0.25) is 5.02 Å². The largest absolute Gasteiger partial charge is 0.478 e. The lowest BCUT2D eigenvalue weighted by Crippen LogP contribution is -2.51. The molecule has 5 rings (SSSR count). The van der Waals surface area contributed by atoms with E-state index >= 15 is 0 Å². The molecule has 1 amide bonds. The monoisotopic (exact) mass is 582 g/mol. The van der Waals surface area contributed by atoms with E-state index in [1.807, 2.05) is 54.0 Å². The zero-order chi connectivity index (χ0) is 29.4. The minimum atomic E-state index is -4.87. The molecule has 0 saturated heterocycles. The smallest absolute Gasteiger partial charge is 0.418 e. The third kappa shape index (κ3) is 5.33. The molecule has 1 atom stereocenters. The number of hydrogen-bond acceptors (Lipinski definition) is 2. The van der Waals surface area contributed by atoms with Gasteiger partial charge in [-0.3, -0.25) is 4.79 Å². The Morgan fingerprint density at radius 3 is 2.29 bits per heavy atom. The van der Waals surface area contributed by atoms with E-state index < -0.39 is 40.4 Å². The van der Waals surface area contributed by atoms with Crippen molar-refractivity contribution in [2.75, 3.05) is 5.32 Å². The summed E-state index contributed by atoms with van der Waals surface area (Å²) in [5.41, 5.74) is -1.01. The van der Waals surface area contributed by atoms with Crippen molar-refractivity contribution in [2.24, 2.45) is 5.92 Å². The molecule has 0 radical (unpaired) electrons. The van der Waals surface area contributed by atoms with Crippen LogP contribution < -0.4 is 5.32 Å². The quantitative estimate of drug-likeness (QED) is 0.228. The number of aromatic nitrogens is 1. The molecule has 214 valence electrons. The van der Waals surface area contributed by atoms with Gasteiger partial charge in [0.05, 0.1) is 22.5 Å². The SMILES string of the molecule is CCC(C(=O)Nc1ccc(C(=O)O)cc1C(F)(F)F)(C1CCCCC1)n1c(-c2ccc(Cl)cc2)cc2ccccc21. The van der Waals surface area contributed by atoms with Crippen LogP contribution in [0.1, 0.15) is 61.4 Å². The van der Waals surface area contributed by atoms with E-state index in [1.54, 1.807) is 12.1 Å². The lowest BCUT2D eigenvalue weighted by molar-refractivity contribution is -0.137. The summed E-state index contributed by atoms with van der Waals surface area (Å²) < 4.78 is 44.4. The normalized spacial score (nSPS) is 15.9. The van der Waals surface area contributed by atoms with Crippen LogP contribution in [0, 0.1) is 5.92 Å². The Balaban J connectivity index is 1.74. The van der Waals surface area contributed by atoms with Gasteiger partial charge in [-0.05, 0) is 73.2 Å². The molecule has 0 aliphatic heterocycles. The predicted molar refractivity (Wildman–Crippen MR) is 154 cm³/mol. The van der Waals surface area contributed by atoms with Crippen molar-refractivity contribution in [1.29, 1.82) is 0 Å². The lowest BCUT2D eigenvalue weighted by atomic mass is 9.71. The summed E-state index contributed by atoms with van der Waals surface area (Å²) in [6.07, 6.45) is -0.189. The van der Waals surface area contributed by atoms with Crippen LogP contribution >= 0.6 is 11.6 Å². The number of para-hydroxylation sites is 1. The van der Waals surface area contributed by atoms with Crippen molar-refractivity contribution >= 4 is 40.1 Å². The van der Waals surface area contributed by atoms with Crippen LogP contribution in [0.5, 0.6) is 0 Å². The van der Waals surface area contributed by atoms with E-state index in [0.29, 0.717) is 17.5 Å². The number of nitrogens with zero attached hydrogens (tertiary/aromatic N) is 1. The number of alkyl halides is 3. The predicted octanol–water partition coefficient (Wildman–Crippen LogP) is 9.00. The zero-order valence-corrected chi connectivity index (χ0v) is 23.2. The van der Waals surface area contributed by atoms with Gasteiger partial charge >= 0.3 is 12.1 Å². The topological polar surface area (TPSA) is 71.3 Å². The molecular formula is C32H30ClF3N2O3. The van der Waals surface area contributed by atoms with Crippen LogP contribution in [0.25, 0.3) is 22.2 Å². The van der Waals surface area contributed by atoms with Gasteiger partial charge in [0.2, 0.25) is 0 Å². The van der Waals surface area contributed by atoms with Gasteiger partial charge in [-0.25, -0.2) is 4.79 Å². The first kappa shape index (κ1) is 28.7. The van der Waals surface area contributed by atoms with E-state index in [-0.39, 0.29) is 5.92 Å². The molecule has 1 aliphatic rings. The third-order valence-corrected chi connectivity index (χ3v) is 8.53. The molecule has 1 heterocycles. The molecule has 41 heavy (non-hydrogen) atoms. The first-order chi connectivity index (χ1) is 19.6. The molecule has 1 saturated carbocycles. The van der Waals surface area contributed by atoms with Gasteiger partial charge in [-0.2, -0.15) is 13.2 Å². The van der Waals surface area contributed by atoms with Crippen LogP contribution in [-0.2, 0) is 16.5 Å². The van der Waals surface area contributed by atoms with Gasteiger partial charge in [0.15, 0.2) is 0 Å². The number of carbonyl (C=O) groups is 2. The molecule has 3 aromatic carbocycles. The van der Waals surface area contributed by atoms with Crippen LogP contribution in [0.3, 0.4) is 0 Å². The highest BCUT2D eigenvalue weighted by Gasteiger charge is 2.48. The molecule has 2 N–H and O–H groups in total. The number of anilines is 1. The summed E-state index contributed by atoms with van der Waals surface area (Å²) in [5.74, 6) is -2.18. The molecule has 1 aliphatic carbocycles. The number of hydrogen-bond donors (Lipinski definition) is 2. The minimum Gasteiger partial charge on any atom is -0.478 e. The Bertz CT molecular complexity index is 1590.